The van der Waals surface area contributed by atoms with E-state index in [2.05, 4.69) is 11.1 Å². The van der Waals surface area contributed by atoms with E-state index in [0.717, 1.165) is 27.8 Å². The molecular formula is C21H23NO4. The summed E-state index contributed by atoms with van der Waals surface area (Å²) in [6.45, 7) is 4.38. The number of hydrogen-bond donors (Lipinski definition) is 1. The molecule has 0 atom stereocenters. The number of pyridine rings is 1. The Bertz CT molecular complexity index is 937. The van der Waals surface area contributed by atoms with Crippen molar-refractivity contribution in [3.05, 3.63) is 53.3 Å². The molecule has 136 valence electrons. The van der Waals surface area contributed by atoms with Crippen LogP contribution >= 0.6 is 0 Å². The Morgan fingerprint density at radius 3 is 2.50 bits per heavy atom. The molecule has 0 saturated heterocycles. The van der Waals surface area contributed by atoms with Crippen molar-refractivity contribution in [1.82, 2.24) is 4.98 Å². The number of aryl methyl sites for hydroxylation is 1. The van der Waals surface area contributed by atoms with Gasteiger partial charge in [-0.2, -0.15) is 0 Å². The lowest BCUT2D eigenvalue weighted by molar-refractivity contribution is 0.320. The molecule has 0 radical (unpaired) electrons. The quantitative estimate of drug-likeness (QED) is 0.718. The highest BCUT2D eigenvalue weighted by atomic mass is 16.5. The predicted octanol–water partition coefficient (Wildman–Crippen LogP) is 4.26. The normalized spacial score (nSPS) is 10.8. The molecule has 0 aliphatic carbocycles. The van der Waals surface area contributed by atoms with Crippen molar-refractivity contribution < 1.29 is 19.3 Å². The zero-order valence-electron chi connectivity index (χ0n) is 15.5. The van der Waals surface area contributed by atoms with Crippen LogP contribution in [0.3, 0.4) is 0 Å². The van der Waals surface area contributed by atoms with E-state index in [1.54, 1.807) is 26.5 Å². The number of aromatic hydroxyl groups is 1. The summed E-state index contributed by atoms with van der Waals surface area (Å²) < 4.78 is 16.3. The second-order valence-corrected chi connectivity index (χ2v) is 6.06. The lowest BCUT2D eigenvalue weighted by Gasteiger charge is -2.14. The highest BCUT2D eigenvalue weighted by Gasteiger charge is 2.13. The Hall–Kier alpha value is -2.95. The molecule has 2 aromatic carbocycles. The summed E-state index contributed by atoms with van der Waals surface area (Å²) in [6, 6.07) is 7.81. The van der Waals surface area contributed by atoms with Gasteiger partial charge >= 0.3 is 0 Å². The first-order valence-electron chi connectivity index (χ1n) is 8.51. The number of rotatable bonds is 6. The topological polar surface area (TPSA) is 60.8 Å². The molecule has 0 aliphatic heterocycles. The lowest BCUT2D eigenvalue weighted by Crippen LogP contribution is -1.98. The van der Waals surface area contributed by atoms with E-state index >= 15 is 0 Å². The molecular weight excluding hydrogens is 330 g/mol. The van der Waals surface area contributed by atoms with E-state index in [0.29, 0.717) is 29.9 Å². The average molecular weight is 353 g/mol. The van der Waals surface area contributed by atoms with Gasteiger partial charge in [-0.1, -0.05) is 12.1 Å². The number of ether oxygens (including phenoxy) is 3. The molecule has 3 rings (SSSR count). The SMILES string of the molecule is CCOc1ccc2c(Cc3cc(C)c(OC)c(OC)c3)cncc2c1O. The summed E-state index contributed by atoms with van der Waals surface area (Å²) in [7, 11) is 3.27. The van der Waals surface area contributed by atoms with Gasteiger partial charge < -0.3 is 19.3 Å². The Morgan fingerprint density at radius 1 is 1.00 bits per heavy atom. The van der Waals surface area contributed by atoms with Gasteiger partial charge in [0.15, 0.2) is 23.0 Å². The smallest absolute Gasteiger partial charge is 0.167 e. The second-order valence-electron chi connectivity index (χ2n) is 6.06. The fourth-order valence-corrected chi connectivity index (χ4v) is 3.23. The Kier molecular flexibility index (Phi) is 5.16. The van der Waals surface area contributed by atoms with Crippen LogP contribution in [0, 0.1) is 6.92 Å². The number of nitrogens with zero attached hydrogens (tertiary/aromatic N) is 1. The minimum Gasteiger partial charge on any atom is -0.504 e. The van der Waals surface area contributed by atoms with Crippen LogP contribution in [-0.2, 0) is 6.42 Å². The lowest BCUT2D eigenvalue weighted by atomic mass is 9.98. The van der Waals surface area contributed by atoms with Crippen LogP contribution in [0.4, 0.5) is 0 Å². The van der Waals surface area contributed by atoms with Crippen LogP contribution in [0.1, 0.15) is 23.6 Å². The number of benzene rings is 2. The zero-order valence-corrected chi connectivity index (χ0v) is 15.5. The first kappa shape index (κ1) is 17.9. The third-order valence-electron chi connectivity index (χ3n) is 4.38. The van der Waals surface area contributed by atoms with E-state index in [1.165, 1.54) is 0 Å². The summed E-state index contributed by atoms with van der Waals surface area (Å²) in [5.74, 6) is 2.05. The van der Waals surface area contributed by atoms with Crippen molar-refractivity contribution >= 4 is 10.8 Å². The summed E-state index contributed by atoms with van der Waals surface area (Å²) in [4.78, 5) is 4.30. The van der Waals surface area contributed by atoms with Crippen molar-refractivity contribution in [2.75, 3.05) is 20.8 Å². The maximum Gasteiger partial charge on any atom is 0.167 e. The summed E-state index contributed by atoms with van der Waals surface area (Å²) in [6.07, 6.45) is 4.16. The third-order valence-corrected chi connectivity index (χ3v) is 4.38. The Labute approximate surface area is 153 Å². The fourth-order valence-electron chi connectivity index (χ4n) is 3.23. The summed E-state index contributed by atoms with van der Waals surface area (Å²) in [5.41, 5.74) is 3.12. The summed E-state index contributed by atoms with van der Waals surface area (Å²) in [5, 5.41) is 12.1. The number of phenols is 1. The fraction of sp³-hybridized carbons (Fsp3) is 0.286. The van der Waals surface area contributed by atoms with Crippen molar-refractivity contribution in [2.45, 2.75) is 20.3 Å². The number of aromatic nitrogens is 1. The van der Waals surface area contributed by atoms with Crippen LogP contribution in [0.2, 0.25) is 0 Å². The number of phenolic OH excluding ortho intramolecular Hbond substituents is 1. The molecule has 1 N–H and O–H groups in total. The molecule has 5 nitrogen and oxygen atoms in total. The van der Waals surface area contributed by atoms with Crippen LogP contribution in [-0.4, -0.2) is 30.9 Å². The standard InChI is InChI=1S/C21H23NO4/c1-5-26-18-7-6-16-15(11-22-12-17(16)20(18)23)9-14-8-13(2)21(25-4)19(10-14)24-3/h6-8,10-12,23H,5,9H2,1-4H3. The molecule has 0 saturated carbocycles. The Balaban J connectivity index is 2.04. The van der Waals surface area contributed by atoms with Gasteiger partial charge in [-0.15, -0.1) is 0 Å². The van der Waals surface area contributed by atoms with Crippen LogP contribution < -0.4 is 14.2 Å². The van der Waals surface area contributed by atoms with E-state index in [9.17, 15) is 5.11 Å². The predicted molar refractivity (Wildman–Crippen MR) is 102 cm³/mol. The molecule has 1 aromatic heterocycles. The first-order chi connectivity index (χ1) is 12.6. The molecule has 5 heteroatoms. The van der Waals surface area contributed by atoms with E-state index in [4.69, 9.17) is 14.2 Å². The Morgan fingerprint density at radius 2 is 1.81 bits per heavy atom. The molecule has 0 bridgehead atoms. The zero-order chi connectivity index (χ0) is 18.7. The van der Waals surface area contributed by atoms with Gasteiger partial charge in [0.25, 0.3) is 0 Å². The van der Waals surface area contributed by atoms with Crippen molar-refractivity contribution in [1.29, 1.82) is 0 Å². The second kappa shape index (κ2) is 7.52. The highest BCUT2D eigenvalue weighted by molar-refractivity contribution is 5.92. The van der Waals surface area contributed by atoms with Gasteiger partial charge in [0.05, 0.1) is 20.8 Å². The van der Waals surface area contributed by atoms with Gasteiger partial charge in [0, 0.05) is 17.8 Å². The maximum atomic E-state index is 10.5. The number of methoxy groups -OCH3 is 2. The minimum absolute atomic E-state index is 0.127. The van der Waals surface area contributed by atoms with E-state index < -0.39 is 0 Å². The van der Waals surface area contributed by atoms with Crippen LogP contribution in [0.15, 0.2) is 36.7 Å². The molecule has 1 heterocycles. The maximum absolute atomic E-state index is 10.5. The molecule has 3 aromatic rings. The average Bonchev–Trinajstić information content (AvgIpc) is 2.64. The molecule has 0 amide bonds. The van der Waals surface area contributed by atoms with Gasteiger partial charge in [0.2, 0.25) is 0 Å². The molecule has 0 fully saturated rings. The van der Waals surface area contributed by atoms with Gasteiger partial charge in [0.1, 0.15) is 0 Å². The molecule has 0 spiro atoms. The third kappa shape index (κ3) is 3.25. The monoisotopic (exact) mass is 353 g/mol. The van der Waals surface area contributed by atoms with Crippen molar-refractivity contribution in [2.24, 2.45) is 0 Å². The molecule has 0 aliphatic rings. The van der Waals surface area contributed by atoms with Gasteiger partial charge in [-0.25, -0.2) is 0 Å². The van der Waals surface area contributed by atoms with Crippen molar-refractivity contribution in [3.63, 3.8) is 0 Å². The van der Waals surface area contributed by atoms with Crippen LogP contribution in [0.5, 0.6) is 23.0 Å². The largest absolute Gasteiger partial charge is 0.504 e. The van der Waals surface area contributed by atoms with Crippen LogP contribution in [0.25, 0.3) is 10.8 Å². The van der Waals surface area contributed by atoms with E-state index in [-0.39, 0.29) is 5.75 Å². The molecule has 0 unspecified atom stereocenters. The van der Waals surface area contributed by atoms with Crippen molar-refractivity contribution in [3.8, 4) is 23.0 Å². The van der Waals surface area contributed by atoms with Gasteiger partial charge in [-0.3, -0.25) is 4.98 Å². The van der Waals surface area contributed by atoms with Gasteiger partial charge in [-0.05, 0) is 54.5 Å². The molecule has 26 heavy (non-hydrogen) atoms. The number of fused-ring (bicyclic) bond motifs is 1. The highest BCUT2D eigenvalue weighted by Crippen LogP contribution is 2.37. The minimum atomic E-state index is 0.127. The number of hydrogen-bond acceptors (Lipinski definition) is 5. The summed E-state index contributed by atoms with van der Waals surface area (Å²) >= 11 is 0. The first-order valence-corrected chi connectivity index (χ1v) is 8.51. The van der Waals surface area contributed by atoms with E-state index in [1.807, 2.05) is 32.2 Å².